The fraction of sp³-hybridized carbons (Fsp3) is 0.571. The van der Waals surface area contributed by atoms with Crippen LogP contribution in [-0.2, 0) is 36.8 Å². The van der Waals surface area contributed by atoms with Gasteiger partial charge in [0, 0.05) is 91.7 Å². The van der Waals surface area contributed by atoms with Gasteiger partial charge in [-0.3, -0.25) is 20.0 Å². The summed E-state index contributed by atoms with van der Waals surface area (Å²) in [6, 6.07) is 13.3. The summed E-state index contributed by atoms with van der Waals surface area (Å²) < 4.78 is 61.7. The number of nitrogens with two attached hydrogens (primary N) is 1. The van der Waals surface area contributed by atoms with Gasteiger partial charge in [0.1, 0.15) is 5.75 Å². The average Bonchev–Trinajstić information content (AvgIpc) is 3.08. The second-order valence-electron chi connectivity index (χ2n) is 11.8. The number of esters is 1. The molecule has 14 heteroatoms. The number of rotatable bonds is 19. The zero-order valence-corrected chi connectivity index (χ0v) is 28.7. The van der Waals surface area contributed by atoms with Crippen molar-refractivity contribution >= 4 is 17.8 Å². The summed E-state index contributed by atoms with van der Waals surface area (Å²) in [5.74, 6) is -3.37. The van der Waals surface area contributed by atoms with Gasteiger partial charge in [0.2, 0.25) is 0 Å². The normalized spacial score (nSPS) is 15.2. The number of aliphatic imine (C=N–C) groups is 1. The summed E-state index contributed by atoms with van der Waals surface area (Å²) in [5, 5.41) is 2.30. The number of alkyl halides is 3. The summed E-state index contributed by atoms with van der Waals surface area (Å²) in [7, 11) is 3.27. The number of halogens is 3. The Morgan fingerprint density at radius 1 is 0.939 bits per heavy atom. The summed E-state index contributed by atoms with van der Waals surface area (Å²) in [6.07, 6.45) is -4.57. The van der Waals surface area contributed by atoms with Gasteiger partial charge in [0.25, 0.3) is 5.91 Å². The molecule has 1 amide bonds. The Kier molecular flexibility index (Phi) is 16.8. The Morgan fingerprint density at radius 2 is 1.61 bits per heavy atom. The number of hydrogen-bond acceptors (Lipinski definition) is 9. The number of nitrogens with one attached hydrogen (secondary N) is 1. The number of piperazine rings is 1. The van der Waals surface area contributed by atoms with Gasteiger partial charge in [0.05, 0.1) is 6.61 Å². The third kappa shape index (κ3) is 13.3. The maximum atomic E-state index is 13.4. The molecule has 1 heterocycles. The summed E-state index contributed by atoms with van der Waals surface area (Å²) in [6.45, 7) is 8.39. The molecular formula is C35H50F3N5O6. The number of amides is 1. The predicted octanol–water partition coefficient (Wildman–Crippen LogP) is 4.17. The van der Waals surface area contributed by atoms with E-state index in [1.54, 1.807) is 20.3 Å². The maximum Gasteiger partial charge on any atom is 0.490 e. The maximum absolute atomic E-state index is 13.4. The zero-order valence-electron chi connectivity index (χ0n) is 28.7. The first-order chi connectivity index (χ1) is 23.6. The highest BCUT2D eigenvalue weighted by molar-refractivity contribution is 5.99. The lowest BCUT2D eigenvalue weighted by Gasteiger charge is -2.35. The number of nitrogens with zero attached hydrogens (tertiary/aromatic N) is 3. The fourth-order valence-electron chi connectivity index (χ4n) is 5.45. The molecule has 3 N–H and O–H groups in total. The minimum Gasteiger partial charge on any atom is -0.493 e. The lowest BCUT2D eigenvalue weighted by molar-refractivity contribution is -0.205. The molecule has 1 unspecified atom stereocenters. The number of unbranched alkanes of at least 4 members (excludes halogenated alkanes) is 1. The van der Waals surface area contributed by atoms with E-state index in [-0.39, 0.29) is 12.6 Å². The smallest absolute Gasteiger partial charge is 0.490 e. The monoisotopic (exact) mass is 693 g/mol. The van der Waals surface area contributed by atoms with Crippen LogP contribution < -0.4 is 15.8 Å². The quantitative estimate of drug-likeness (QED) is 0.0965. The number of hydrogen-bond donors (Lipinski definition) is 2. The second kappa shape index (κ2) is 20.7. The third-order valence-electron chi connectivity index (χ3n) is 8.06. The molecule has 11 nitrogen and oxygen atoms in total. The molecule has 2 aromatic rings. The van der Waals surface area contributed by atoms with Crippen LogP contribution >= 0.6 is 0 Å². The van der Waals surface area contributed by atoms with E-state index >= 15 is 0 Å². The van der Waals surface area contributed by atoms with Gasteiger partial charge in [0.15, 0.2) is 12.1 Å². The van der Waals surface area contributed by atoms with E-state index in [1.807, 2.05) is 43.3 Å². The highest BCUT2D eigenvalue weighted by Crippen LogP contribution is 2.36. The minimum absolute atomic E-state index is 0.246. The third-order valence-corrected chi connectivity index (χ3v) is 8.06. The van der Waals surface area contributed by atoms with Crippen molar-refractivity contribution in [3.8, 4) is 16.9 Å². The molecule has 0 radical (unpaired) electrons. The van der Waals surface area contributed by atoms with Crippen molar-refractivity contribution in [2.24, 2.45) is 10.7 Å². The molecule has 0 saturated carbocycles. The molecule has 49 heavy (non-hydrogen) atoms. The highest BCUT2D eigenvalue weighted by atomic mass is 19.4. The Balaban J connectivity index is 2.02. The minimum atomic E-state index is -5.31. The molecule has 272 valence electrons. The van der Waals surface area contributed by atoms with Crippen molar-refractivity contribution in [1.82, 2.24) is 15.1 Å². The van der Waals surface area contributed by atoms with Crippen LogP contribution in [0.4, 0.5) is 13.2 Å². The standard InChI is InChI=1S/C35H50F3N5O6/c1-4-5-15-40-34(39)41-32(44)30(49-33(45)35(36,37)38)24-27-13-14-28(26-11-7-6-8-12-26)29(31(27)48-23-10-22-47-3)25-43-19-17-42(18-20-43)16-9-21-46-2/h6-8,11-14,30H,4-5,9-10,15-25H2,1-3H3,(H3,39,40,41,44). The molecule has 2 aromatic carbocycles. The number of benzene rings is 2. The van der Waals surface area contributed by atoms with Gasteiger partial charge >= 0.3 is 12.1 Å². The molecule has 1 aliphatic heterocycles. The summed E-state index contributed by atoms with van der Waals surface area (Å²) in [4.78, 5) is 34.0. The number of ether oxygens (including phenoxy) is 4. The predicted molar refractivity (Wildman–Crippen MR) is 181 cm³/mol. The SMILES string of the molecule is CCCCN=C(N)NC(=O)C(Cc1ccc(-c2ccccc2)c(CN2CCN(CCCOC)CC2)c1OCCCOC)OC(=O)C(F)(F)F. The molecule has 1 aliphatic rings. The highest BCUT2D eigenvalue weighted by Gasteiger charge is 2.43. The van der Waals surface area contributed by atoms with E-state index in [4.69, 9.17) is 24.7 Å². The zero-order chi connectivity index (χ0) is 35.6. The van der Waals surface area contributed by atoms with Crippen molar-refractivity contribution in [2.45, 2.75) is 57.9 Å². The number of guanidine groups is 1. The number of methoxy groups -OCH3 is 2. The Hall–Kier alpha value is -3.72. The molecule has 1 atom stereocenters. The summed E-state index contributed by atoms with van der Waals surface area (Å²) >= 11 is 0. The molecule has 0 aliphatic carbocycles. The molecular weight excluding hydrogens is 643 g/mol. The first-order valence-electron chi connectivity index (χ1n) is 16.7. The van der Waals surface area contributed by atoms with E-state index < -0.39 is 30.6 Å². The van der Waals surface area contributed by atoms with Crippen molar-refractivity contribution in [2.75, 3.05) is 73.3 Å². The van der Waals surface area contributed by atoms with Crippen molar-refractivity contribution in [3.63, 3.8) is 0 Å². The molecule has 0 spiro atoms. The van der Waals surface area contributed by atoms with Crippen LogP contribution in [0.3, 0.4) is 0 Å². The molecule has 0 aromatic heterocycles. The van der Waals surface area contributed by atoms with Crippen LogP contribution in [0.25, 0.3) is 11.1 Å². The number of carbonyl (C=O) groups is 2. The van der Waals surface area contributed by atoms with Crippen molar-refractivity contribution < 1.29 is 41.7 Å². The van der Waals surface area contributed by atoms with E-state index in [0.29, 0.717) is 50.5 Å². The van der Waals surface area contributed by atoms with Gasteiger partial charge < -0.3 is 29.6 Å². The molecule has 1 saturated heterocycles. The Morgan fingerprint density at radius 3 is 2.27 bits per heavy atom. The van der Waals surface area contributed by atoms with E-state index in [9.17, 15) is 22.8 Å². The van der Waals surface area contributed by atoms with Gasteiger partial charge in [-0.25, -0.2) is 4.79 Å². The van der Waals surface area contributed by atoms with Gasteiger partial charge in [-0.15, -0.1) is 0 Å². The van der Waals surface area contributed by atoms with E-state index in [0.717, 1.165) is 62.3 Å². The van der Waals surface area contributed by atoms with Crippen LogP contribution in [0.2, 0.25) is 0 Å². The van der Waals surface area contributed by atoms with Crippen molar-refractivity contribution in [3.05, 3.63) is 53.6 Å². The first kappa shape index (κ1) is 39.7. The van der Waals surface area contributed by atoms with E-state index in [1.165, 1.54) is 0 Å². The second-order valence-corrected chi connectivity index (χ2v) is 11.8. The van der Waals surface area contributed by atoms with Gasteiger partial charge in [-0.2, -0.15) is 13.2 Å². The first-order valence-corrected chi connectivity index (χ1v) is 16.7. The average molecular weight is 694 g/mol. The van der Waals surface area contributed by atoms with Crippen molar-refractivity contribution in [1.29, 1.82) is 0 Å². The van der Waals surface area contributed by atoms with Crippen LogP contribution in [0.5, 0.6) is 5.75 Å². The van der Waals surface area contributed by atoms with Crippen LogP contribution in [0, 0.1) is 0 Å². The molecule has 3 rings (SSSR count). The molecule has 1 fully saturated rings. The van der Waals surface area contributed by atoms with Gasteiger partial charge in [-0.1, -0.05) is 55.8 Å². The lowest BCUT2D eigenvalue weighted by Crippen LogP contribution is -2.47. The Bertz CT molecular complexity index is 1340. The topological polar surface area (TPSA) is 128 Å². The van der Waals surface area contributed by atoms with Crippen LogP contribution in [0.15, 0.2) is 47.5 Å². The van der Waals surface area contributed by atoms with Crippen LogP contribution in [-0.4, -0.2) is 113 Å². The van der Waals surface area contributed by atoms with Crippen LogP contribution in [0.1, 0.15) is 43.7 Å². The summed E-state index contributed by atoms with van der Waals surface area (Å²) in [5.41, 5.74) is 8.88. The number of carbonyl (C=O) groups excluding carboxylic acids is 2. The molecule has 0 bridgehead atoms. The largest absolute Gasteiger partial charge is 0.493 e. The lowest BCUT2D eigenvalue weighted by atomic mass is 9.93. The fourth-order valence-corrected chi connectivity index (χ4v) is 5.45. The van der Waals surface area contributed by atoms with Gasteiger partial charge in [-0.05, 0) is 29.5 Å². The van der Waals surface area contributed by atoms with E-state index in [2.05, 4.69) is 20.1 Å². The Labute approximate surface area is 286 Å².